The van der Waals surface area contributed by atoms with E-state index in [4.69, 9.17) is 16.3 Å². The smallest absolute Gasteiger partial charge is 0.254 e. The van der Waals surface area contributed by atoms with Gasteiger partial charge in [-0.3, -0.25) is 9.59 Å². The lowest BCUT2D eigenvalue weighted by Crippen LogP contribution is -2.31. The van der Waals surface area contributed by atoms with Gasteiger partial charge < -0.3 is 14.5 Å². The molecule has 0 saturated carbocycles. The highest BCUT2D eigenvalue weighted by molar-refractivity contribution is 6.34. The molecule has 1 atom stereocenters. The summed E-state index contributed by atoms with van der Waals surface area (Å²) < 4.78 is 5.52. The molecule has 5 nitrogen and oxygen atoms in total. The summed E-state index contributed by atoms with van der Waals surface area (Å²) in [5.74, 6) is 0.876. The van der Waals surface area contributed by atoms with E-state index < -0.39 is 0 Å². The van der Waals surface area contributed by atoms with E-state index in [1.165, 1.54) is 0 Å². The van der Waals surface area contributed by atoms with Crippen molar-refractivity contribution in [2.45, 2.75) is 38.6 Å². The minimum atomic E-state index is -0.0223. The quantitative estimate of drug-likeness (QED) is 0.705. The molecule has 0 unspecified atom stereocenters. The first-order valence-corrected chi connectivity index (χ1v) is 10.6. The maximum atomic E-state index is 13.3. The van der Waals surface area contributed by atoms with Gasteiger partial charge >= 0.3 is 0 Å². The number of hydrogen-bond acceptors (Lipinski definition) is 3. The molecule has 0 bridgehead atoms. The summed E-state index contributed by atoms with van der Waals surface area (Å²) in [7, 11) is 0. The van der Waals surface area contributed by atoms with Gasteiger partial charge in [-0.05, 0) is 62.1 Å². The van der Waals surface area contributed by atoms with E-state index in [1.54, 1.807) is 23.1 Å². The number of rotatable bonds is 5. The van der Waals surface area contributed by atoms with Crippen LogP contribution >= 0.6 is 11.6 Å². The molecule has 2 aromatic rings. The van der Waals surface area contributed by atoms with Crippen LogP contribution in [0.2, 0.25) is 5.02 Å². The van der Waals surface area contributed by atoms with Crippen molar-refractivity contribution in [3.8, 4) is 5.75 Å². The molecule has 4 rings (SSSR count). The van der Waals surface area contributed by atoms with Gasteiger partial charge in [0.2, 0.25) is 5.91 Å². The van der Waals surface area contributed by atoms with E-state index in [0.29, 0.717) is 35.8 Å². The second-order valence-electron chi connectivity index (χ2n) is 7.47. The Hall–Kier alpha value is -2.53. The zero-order valence-corrected chi connectivity index (χ0v) is 17.3. The standard InChI is InChI=1S/C23H25ClN2O3/c1-2-29-18-10-7-16(8-11-18)20-5-3-14-26(20)23(28)17-9-12-19(24)21(15-17)25-13-4-6-22(25)27/h7-12,15,20H,2-6,13-14H2,1H3/t20-/m1/s1. The average Bonchev–Trinajstić information content (AvgIpc) is 3.38. The maximum Gasteiger partial charge on any atom is 0.254 e. The number of carbonyl (C=O) groups excluding carboxylic acids is 2. The number of nitrogens with zero attached hydrogens (tertiary/aromatic N) is 2. The lowest BCUT2D eigenvalue weighted by molar-refractivity contribution is -0.117. The third kappa shape index (κ3) is 3.97. The van der Waals surface area contributed by atoms with Crippen molar-refractivity contribution in [1.82, 2.24) is 4.90 Å². The van der Waals surface area contributed by atoms with Gasteiger partial charge in [-0.1, -0.05) is 23.7 Å². The number of hydrogen-bond donors (Lipinski definition) is 0. The second-order valence-corrected chi connectivity index (χ2v) is 7.88. The van der Waals surface area contributed by atoms with Crippen LogP contribution in [0.1, 0.15) is 54.6 Å². The molecule has 2 aliphatic heterocycles. The highest BCUT2D eigenvalue weighted by atomic mass is 35.5. The zero-order chi connectivity index (χ0) is 20.4. The summed E-state index contributed by atoms with van der Waals surface area (Å²) in [6.45, 7) is 3.96. The van der Waals surface area contributed by atoms with E-state index in [1.807, 2.05) is 36.1 Å². The first-order chi connectivity index (χ1) is 14.1. The Morgan fingerprint density at radius 1 is 1.14 bits per heavy atom. The van der Waals surface area contributed by atoms with Gasteiger partial charge in [0, 0.05) is 25.1 Å². The number of halogens is 1. The molecule has 0 aromatic heterocycles. The fourth-order valence-electron chi connectivity index (χ4n) is 4.23. The molecule has 2 fully saturated rings. The van der Waals surface area contributed by atoms with E-state index in [2.05, 4.69) is 0 Å². The minimum absolute atomic E-state index is 0.0223. The number of amides is 2. The molecule has 6 heteroatoms. The topological polar surface area (TPSA) is 49.9 Å². The van der Waals surface area contributed by atoms with Crippen molar-refractivity contribution < 1.29 is 14.3 Å². The number of benzene rings is 2. The molecule has 2 heterocycles. The van der Waals surface area contributed by atoms with Gasteiger partial charge in [0.05, 0.1) is 23.4 Å². The van der Waals surface area contributed by atoms with E-state index in [0.717, 1.165) is 37.1 Å². The molecule has 2 amide bonds. The normalized spacial score (nSPS) is 19.1. The van der Waals surface area contributed by atoms with Gasteiger partial charge in [-0.2, -0.15) is 0 Å². The Kier molecular flexibility index (Phi) is 5.76. The minimum Gasteiger partial charge on any atom is -0.494 e. The van der Waals surface area contributed by atoms with Crippen LogP contribution in [0.3, 0.4) is 0 Å². The van der Waals surface area contributed by atoms with Crippen LogP contribution in [0.25, 0.3) is 0 Å². The fourth-order valence-corrected chi connectivity index (χ4v) is 4.45. The monoisotopic (exact) mass is 412 g/mol. The van der Waals surface area contributed by atoms with Crippen molar-refractivity contribution in [2.75, 3.05) is 24.6 Å². The van der Waals surface area contributed by atoms with Gasteiger partial charge in [0.25, 0.3) is 5.91 Å². The molecular weight excluding hydrogens is 388 g/mol. The maximum absolute atomic E-state index is 13.3. The van der Waals surface area contributed by atoms with Crippen molar-refractivity contribution in [3.05, 3.63) is 58.6 Å². The van der Waals surface area contributed by atoms with Crippen LogP contribution in [-0.4, -0.2) is 36.4 Å². The van der Waals surface area contributed by atoms with Crippen LogP contribution in [0.5, 0.6) is 5.75 Å². The molecule has 0 N–H and O–H groups in total. The Balaban J connectivity index is 1.57. The molecule has 0 radical (unpaired) electrons. The molecule has 29 heavy (non-hydrogen) atoms. The molecule has 0 spiro atoms. The first kappa shape index (κ1) is 19.8. The van der Waals surface area contributed by atoms with Gasteiger partial charge in [-0.25, -0.2) is 0 Å². The molecule has 2 aromatic carbocycles. The van der Waals surface area contributed by atoms with Gasteiger partial charge in [0.15, 0.2) is 0 Å². The van der Waals surface area contributed by atoms with Crippen molar-refractivity contribution in [3.63, 3.8) is 0 Å². The average molecular weight is 413 g/mol. The predicted molar refractivity (Wildman–Crippen MR) is 114 cm³/mol. The lowest BCUT2D eigenvalue weighted by Gasteiger charge is -2.26. The number of carbonyl (C=O) groups is 2. The Bertz CT molecular complexity index is 913. The second kappa shape index (κ2) is 8.46. The third-order valence-corrected chi connectivity index (χ3v) is 5.97. The van der Waals surface area contributed by atoms with Crippen LogP contribution < -0.4 is 9.64 Å². The summed E-state index contributed by atoms with van der Waals surface area (Å²) in [6, 6.07) is 13.3. The largest absolute Gasteiger partial charge is 0.494 e. The Morgan fingerprint density at radius 2 is 1.93 bits per heavy atom. The third-order valence-electron chi connectivity index (χ3n) is 5.65. The Labute approximate surface area is 176 Å². The highest BCUT2D eigenvalue weighted by Crippen LogP contribution is 2.36. The van der Waals surface area contributed by atoms with Crippen LogP contribution in [-0.2, 0) is 4.79 Å². The summed E-state index contributed by atoms with van der Waals surface area (Å²) >= 11 is 6.34. The molecule has 0 aliphatic carbocycles. The highest BCUT2D eigenvalue weighted by Gasteiger charge is 2.31. The molecular formula is C23H25ClN2O3. The molecule has 2 aliphatic rings. The molecule has 152 valence electrons. The zero-order valence-electron chi connectivity index (χ0n) is 16.6. The first-order valence-electron chi connectivity index (χ1n) is 10.2. The lowest BCUT2D eigenvalue weighted by atomic mass is 10.0. The summed E-state index contributed by atoms with van der Waals surface area (Å²) in [6.07, 6.45) is 3.25. The Morgan fingerprint density at radius 3 is 2.62 bits per heavy atom. The van der Waals surface area contributed by atoms with Crippen LogP contribution in [0, 0.1) is 0 Å². The van der Waals surface area contributed by atoms with Crippen LogP contribution in [0.15, 0.2) is 42.5 Å². The number of likely N-dealkylation sites (tertiary alicyclic amines) is 1. The van der Waals surface area contributed by atoms with Crippen molar-refractivity contribution in [2.24, 2.45) is 0 Å². The van der Waals surface area contributed by atoms with Crippen LogP contribution in [0.4, 0.5) is 5.69 Å². The molecule has 2 saturated heterocycles. The van der Waals surface area contributed by atoms with Crippen molar-refractivity contribution >= 4 is 29.1 Å². The van der Waals surface area contributed by atoms with Gasteiger partial charge in [0.1, 0.15) is 5.75 Å². The van der Waals surface area contributed by atoms with E-state index in [-0.39, 0.29) is 17.9 Å². The summed E-state index contributed by atoms with van der Waals surface area (Å²) in [4.78, 5) is 29.1. The SMILES string of the molecule is CCOc1ccc([C@H]2CCCN2C(=O)c2ccc(Cl)c(N3CCCC3=O)c2)cc1. The fraction of sp³-hybridized carbons (Fsp3) is 0.391. The van der Waals surface area contributed by atoms with Gasteiger partial charge in [-0.15, -0.1) is 0 Å². The predicted octanol–water partition coefficient (Wildman–Crippen LogP) is 4.84. The van der Waals surface area contributed by atoms with E-state index in [9.17, 15) is 9.59 Å². The number of anilines is 1. The van der Waals surface area contributed by atoms with E-state index >= 15 is 0 Å². The summed E-state index contributed by atoms with van der Waals surface area (Å²) in [5.41, 5.74) is 2.32. The number of ether oxygens (including phenoxy) is 1. The summed E-state index contributed by atoms with van der Waals surface area (Å²) in [5, 5.41) is 0.501. The van der Waals surface area contributed by atoms with Crippen molar-refractivity contribution in [1.29, 1.82) is 0 Å².